The van der Waals surface area contributed by atoms with Crippen LogP contribution in [0.2, 0.25) is 0 Å². The van der Waals surface area contributed by atoms with Crippen LogP contribution in [0.4, 0.5) is 0 Å². The van der Waals surface area contributed by atoms with Gasteiger partial charge >= 0.3 is 0 Å². The van der Waals surface area contributed by atoms with E-state index in [2.05, 4.69) is 0 Å². The van der Waals surface area contributed by atoms with Gasteiger partial charge in [0.1, 0.15) is 12.2 Å². The second-order valence-electron chi connectivity index (χ2n) is 8.20. The van der Waals surface area contributed by atoms with Gasteiger partial charge < -0.3 is 9.47 Å². The quantitative estimate of drug-likeness (QED) is 0.393. The Morgan fingerprint density at radius 3 is 1.43 bits per heavy atom. The van der Waals surface area contributed by atoms with Crippen molar-refractivity contribution in [1.82, 2.24) is 0 Å². The van der Waals surface area contributed by atoms with Crippen molar-refractivity contribution in [2.45, 2.75) is 42.1 Å². The van der Waals surface area contributed by atoms with Gasteiger partial charge in [0.2, 0.25) is 0 Å². The van der Waals surface area contributed by atoms with Gasteiger partial charge in [-0.05, 0) is 38.1 Å². The van der Waals surface area contributed by atoms with Crippen LogP contribution < -0.4 is 0 Å². The van der Waals surface area contributed by atoms with Crippen LogP contribution in [0.3, 0.4) is 0 Å². The van der Waals surface area contributed by atoms with Crippen molar-refractivity contribution in [3.8, 4) is 0 Å². The van der Waals surface area contributed by atoms with E-state index in [1.54, 1.807) is 48.5 Å². The molecule has 0 bridgehead atoms. The minimum Gasteiger partial charge on any atom is -0.340 e. The molecule has 0 N–H and O–H groups in total. The first-order valence-electron chi connectivity index (χ1n) is 10.9. The molecule has 0 aliphatic carbocycles. The maximum absolute atomic E-state index is 12.6. The van der Waals surface area contributed by atoms with Crippen molar-refractivity contribution in [2.75, 3.05) is 13.2 Å². The Morgan fingerprint density at radius 2 is 1.03 bits per heavy atom. The first kappa shape index (κ1) is 25.5. The molecule has 35 heavy (non-hydrogen) atoms. The molecule has 4 rings (SSSR count). The smallest absolute Gasteiger partial charge is 0.297 e. The first-order valence-corrected chi connectivity index (χ1v) is 13.7. The molecule has 2 atom stereocenters. The average Bonchev–Trinajstić information content (AvgIpc) is 3.26. The van der Waals surface area contributed by atoms with Crippen molar-refractivity contribution in [3.05, 3.63) is 95.6 Å². The molecule has 8 nitrogen and oxygen atoms in total. The molecule has 1 aliphatic rings. The van der Waals surface area contributed by atoms with Crippen molar-refractivity contribution in [2.24, 2.45) is 0 Å². The summed E-state index contributed by atoms with van der Waals surface area (Å²) in [4.78, 5) is 0.0211. The van der Waals surface area contributed by atoms with Gasteiger partial charge in [-0.15, -0.1) is 0 Å². The van der Waals surface area contributed by atoms with Gasteiger partial charge in [0, 0.05) is 5.56 Å². The fraction of sp³-hybridized carbons (Fsp3) is 0.280. The Balaban J connectivity index is 1.48. The van der Waals surface area contributed by atoms with E-state index in [0.717, 1.165) is 11.1 Å². The summed E-state index contributed by atoms with van der Waals surface area (Å²) in [6.45, 7) is 2.94. The molecule has 10 heteroatoms. The lowest BCUT2D eigenvalue weighted by atomic mass is 10.2. The van der Waals surface area contributed by atoms with E-state index < -0.39 is 38.7 Å². The van der Waals surface area contributed by atoms with Crippen LogP contribution in [0.1, 0.15) is 23.0 Å². The van der Waals surface area contributed by atoms with Crippen LogP contribution in [0.5, 0.6) is 0 Å². The van der Waals surface area contributed by atoms with E-state index in [0.29, 0.717) is 5.56 Å². The lowest BCUT2D eigenvalue weighted by molar-refractivity contribution is -0.0750. The van der Waals surface area contributed by atoms with Crippen molar-refractivity contribution >= 4 is 20.2 Å². The molecule has 1 fully saturated rings. The Morgan fingerprint density at radius 1 is 0.629 bits per heavy atom. The molecule has 0 spiro atoms. The molecule has 0 saturated carbocycles. The number of hydrogen-bond donors (Lipinski definition) is 0. The topological polar surface area (TPSA) is 105 Å². The zero-order valence-corrected chi connectivity index (χ0v) is 20.9. The number of ether oxygens (including phenoxy) is 2. The Bertz CT molecular complexity index is 1250. The van der Waals surface area contributed by atoms with E-state index in [-0.39, 0.29) is 23.0 Å². The lowest BCUT2D eigenvalue weighted by Gasteiger charge is -2.17. The van der Waals surface area contributed by atoms with Crippen LogP contribution >= 0.6 is 0 Å². The van der Waals surface area contributed by atoms with Crippen molar-refractivity contribution < 1.29 is 34.7 Å². The molecule has 0 amide bonds. The second kappa shape index (κ2) is 10.6. The highest BCUT2D eigenvalue weighted by molar-refractivity contribution is 7.87. The van der Waals surface area contributed by atoms with Gasteiger partial charge in [-0.1, -0.05) is 65.7 Å². The second-order valence-corrected chi connectivity index (χ2v) is 11.4. The highest BCUT2D eigenvalue weighted by Crippen LogP contribution is 2.32. The molecule has 1 aliphatic heterocycles. The number of hydrogen-bond acceptors (Lipinski definition) is 8. The van der Waals surface area contributed by atoms with Crippen LogP contribution in [0, 0.1) is 13.8 Å². The summed E-state index contributed by atoms with van der Waals surface area (Å²) in [5, 5.41) is 0. The number of rotatable bonds is 9. The zero-order valence-electron chi connectivity index (χ0n) is 19.2. The first-order chi connectivity index (χ1) is 16.6. The van der Waals surface area contributed by atoms with Crippen molar-refractivity contribution in [1.29, 1.82) is 0 Å². The summed E-state index contributed by atoms with van der Waals surface area (Å²) in [5.41, 5.74) is 2.52. The fourth-order valence-electron chi connectivity index (χ4n) is 3.44. The summed E-state index contributed by atoms with van der Waals surface area (Å²) < 4.78 is 72.9. The van der Waals surface area contributed by atoms with Gasteiger partial charge in [0.05, 0.1) is 23.0 Å². The largest absolute Gasteiger partial charge is 0.340 e. The minimum atomic E-state index is -4.06. The van der Waals surface area contributed by atoms with Gasteiger partial charge in [0.25, 0.3) is 20.2 Å². The van der Waals surface area contributed by atoms with Gasteiger partial charge in [-0.2, -0.15) is 16.8 Å². The van der Waals surface area contributed by atoms with Crippen molar-refractivity contribution in [3.63, 3.8) is 0 Å². The van der Waals surface area contributed by atoms with E-state index in [9.17, 15) is 16.8 Å². The normalized spacial score (nSPS) is 19.1. The molecule has 1 heterocycles. The number of benzene rings is 3. The highest BCUT2D eigenvalue weighted by Gasteiger charge is 2.39. The highest BCUT2D eigenvalue weighted by atomic mass is 32.2. The molecule has 0 radical (unpaired) electrons. The van der Waals surface area contributed by atoms with Gasteiger partial charge in [-0.3, -0.25) is 8.37 Å². The van der Waals surface area contributed by atoms with Gasteiger partial charge in [-0.25, -0.2) is 0 Å². The summed E-state index contributed by atoms with van der Waals surface area (Å²) in [6.07, 6.45) is -2.62. The summed E-state index contributed by atoms with van der Waals surface area (Å²) in [6, 6.07) is 21.5. The lowest BCUT2D eigenvalue weighted by Crippen LogP contribution is -2.33. The van der Waals surface area contributed by atoms with Gasteiger partial charge in [0.15, 0.2) is 6.29 Å². The molecule has 3 aromatic rings. The maximum atomic E-state index is 12.6. The predicted molar refractivity (Wildman–Crippen MR) is 128 cm³/mol. The summed E-state index contributed by atoms with van der Waals surface area (Å²) in [7, 11) is -8.11. The standard InChI is InChI=1S/C25H26O8S2/c1-18-8-12-21(13-9-18)34(26,27)30-16-23-24(33-25(32-23)20-6-4-3-5-7-20)17-31-35(28,29)22-14-10-19(2)11-15-22/h3-15,23-25H,16-17H2,1-2H3/t23-,24-/m1/s1. The molecule has 0 aromatic heterocycles. The maximum Gasteiger partial charge on any atom is 0.297 e. The number of aryl methyl sites for hydroxylation is 2. The molecular formula is C25H26O8S2. The molecule has 3 aromatic carbocycles. The van der Waals surface area contributed by atoms with E-state index in [1.165, 1.54) is 24.3 Å². The van der Waals surface area contributed by atoms with E-state index in [1.807, 2.05) is 19.9 Å². The molecule has 0 unspecified atom stereocenters. The Hall–Kier alpha value is -2.60. The molecule has 1 saturated heterocycles. The SMILES string of the molecule is Cc1ccc(S(=O)(=O)OC[C@H]2OC(c3ccccc3)O[C@@H]2COS(=O)(=O)c2ccc(C)cc2)cc1. The fourth-order valence-corrected chi connectivity index (χ4v) is 5.28. The zero-order chi connectivity index (χ0) is 25.1. The van der Waals surface area contributed by atoms with Crippen LogP contribution in [0.25, 0.3) is 0 Å². The van der Waals surface area contributed by atoms with Crippen LogP contribution in [0.15, 0.2) is 88.7 Å². The van der Waals surface area contributed by atoms with Crippen LogP contribution in [-0.4, -0.2) is 42.3 Å². The van der Waals surface area contributed by atoms with E-state index in [4.69, 9.17) is 17.8 Å². The Labute approximate surface area is 205 Å². The third-order valence-corrected chi connectivity index (χ3v) is 8.07. The monoisotopic (exact) mass is 518 g/mol. The van der Waals surface area contributed by atoms with Crippen LogP contribution in [-0.2, 0) is 38.1 Å². The third-order valence-electron chi connectivity index (χ3n) is 5.48. The third kappa shape index (κ3) is 6.35. The summed E-state index contributed by atoms with van der Waals surface area (Å²) >= 11 is 0. The predicted octanol–water partition coefficient (Wildman–Crippen LogP) is 3.90. The molecule has 186 valence electrons. The Kier molecular flexibility index (Phi) is 7.70. The average molecular weight is 519 g/mol. The minimum absolute atomic E-state index is 0.0105. The summed E-state index contributed by atoms with van der Waals surface area (Å²) in [5.74, 6) is 0. The molecular weight excluding hydrogens is 492 g/mol. The van der Waals surface area contributed by atoms with E-state index >= 15 is 0 Å².